The van der Waals surface area contributed by atoms with Crippen LogP contribution in [0.15, 0.2) is 12.7 Å². The van der Waals surface area contributed by atoms with Gasteiger partial charge < -0.3 is 0 Å². The highest BCUT2D eigenvalue weighted by Crippen LogP contribution is 2.39. The first kappa shape index (κ1) is 7.84. The van der Waals surface area contributed by atoms with Crippen LogP contribution in [0.25, 0.3) is 0 Å². The van der Waals surface area contributed by atoms with Crippen molar-refractivity contribution in [2.24, 2.45) is 5.41 Å². The highest BCUT2D eigenvalue weighted by atomic mass is 14.3. The highest BCUT2D eigenvalue weighted by Gasteiger charge is 2.26. The normalized spacial score (nSPS) is 24.1. The van der Waals surface area contributed by atoms with E-state index < -0.39 is 0 Å². The van der Waals surface area contributed by atoms with Gasteiger partial charge in [0.05, 0.1) is 0 Å². The first-order valence-electron chi connectivity index (χ1n) is 4.27. The van der Waals surface area contributed by atoms with Crippen molar-refractivity contribution in [3.05, 3.63) is 19.1 Å². The van der Waals surface area contributed by atoms with Gasteiger partial charge in [0.2, 0.25) is 0 Å². The van der Waals surface area contributed by atoms with Crippen LogP contribution in [-0.4, -0.2) is 0 Å². The Morgan fingerprint density at radius 2 is 1.80 bits per heavy atom. The Hall–Kier alpha value is -0.260. The van der Waals surface area contributed by atoms with Gasteiger partial charge in [0.1, 0.15) is 0 Å². The van der Waals surface area contributed by atoms with Crippen LogP contribution in [0.3, 0.4) is 0 Å². The maximum atomic E-state index is 3.90. The molecule has 0 amide bonds. The predicted molar refractivity (Wildman–Crippen MR) is 45.7 cm³/mol. The zero-order chi connectivity index (χ0) is 7.45. The van der Waals surface area contributed by atoms with Gasteiger partial charge in [-0.3, -0.25) is 0 Å². The van der Waals surface area contributed by atoms with Crippen LogP contribution >= 0.6 is 0 Å². The van der Waals surface area contributed by atoms with Crippen LogP contribution < -0.4 is 0 Å². The lowest BCUT2D eigenvalue weighted by Gasteiger charge is -2.32. The highest BCUT2D eigenvalue weighted by molar-refractivity contribution is 5.03. The molecule has 0 heteroatoms. The summed E-state index contributed by atoms with van der Waals surface area (Å²) in [6.45, 7) is 6.06. The minimum Gasteiger partial charge on any atom is -0.103 e. The Labute approximate surface area is 64.3 Å². The molecule has 0 N–H and O–H groups in total. The van der Waals surface area contributed by atoms with E-state index in [0.717, 1.165) is 0 Å². The lowest BCUT2D eigenvalue weighted by atomic mass is 9.72. The standard InChI is InChI=1S/C10H17/c1-3-10(4-2)8-6-5-7-9-10/h3-4H,1,5-9H2,2H3. The van der Waals surface area contributed by atoms with E-state index in [1.165, 1.54) is 32.1 Å². The Morgan fingerprint density at radius 3 is 2.10 bits per heavy atom. The molecule has 0 heterocycles. The van der Waals surface area contributed by atoms with Crippen molar-refractivity contribution in [1.29, 1.82) is 0 Å². The molecule has 0 aromatic rings. The zero-order valence-corrected chi connectivity index (χ0v) is 6.90. The minimum atomic E-state index is 0.401. The zero-order valence-electron chi connectivity index (χ0n) is 6.90. The van der Waals surface area contributed by atoms with Crippen LogP contribution in [0.4, 0.5) is 0 Å². The Bertz CT molecular complexity index is 107. The summed E-state index contributed by atoms with van der Waals surface area (Å²) in [5.74, 6) is 0. The van der Waals surface area contributed by atoms with Crippen molar-refractivity contribution in [2.75, 3.05) is 0 Å². The summed E-state index contributed by atoms with van der Waals surface area (Å²) in [6.07, 6.45) is 11.3. The summed E-state index contributed by atoms with van der Waals surface area (Å²) in [5.41, 5.74) is 0.401. The third kappa shape index (κ3) is 1.42. The number of hydrogen-bond acceptors (Lipinski definition) is 0. The molecule has 1 fully saturated rings. The van der Waals surface area contributed by atoms with Crippen molar-refractivity contribution in [3.63, 3.8) is 0 Å². The second kappa shape index (κ2) is 3.23. The Kier molecular flexibility index (Phi) is 2.53. The van der Waals surface area contributed by atoms with Crippen LogP contribution in [-0.2, 0) is 0 Å². The second-order valence-electron chi connectivity index (χ2n) is 3.29. The summed E-state index contributed by atoms with van der Waals surface area (Å²) in [6, 6.07) is 0. The van der Waals surface area contributed by atoms with E-state index in [2.05, 4.69) is 26.0 Å². The molecule has 0 bridgehead atoms. The topological polar surface area (TPSA) is 0 Å². The summed E-state index contributed by atoms with van der Waals surface area (Å²) in [5, 5.41) is 0. The molecular weight excluding hydrogens is 120 g/mol. The molecule has 0 aliphatic heterocycles. The fourth-order valence-electron chi connectivity index (χ4n) is 1.82. The van der Waals surface area contributed by atoms with E-state index >= 15 is 0 Å². The molecule has 1 saturated carbocycles. The van der Waals surface area contributed by atoms with Gasteiger partial charge in [-0.05, 0) is 24.7 Å². The summed E-state index contributed by atoms with van der Waals surface area (Å²) in [7, 11) is 0. The number of hydrogen-bond donors (Lipinski definition) is 0. The monoisotopic (exact) mass is 137 g/mol. The molecule has 0 atom stereocenters. The van der Waals surface area contributed by atoms with E-state index in [4.69, 9.17) is 0 Å². The largest absolute Gasteiger partial charge is 0.103 e. The SMILES string of the molecule is C=CC1([CH]C)CCCCC1. The first-order valence-corrected chi connectivity index (χ1v) is 4.27. The maximum Gasteiger partial charge on any atom is -0.00924 e. The number of allylic oxidation sites excluding steroid dienone is 1. The Morgan fingerprint density at radius 1 is 1.20 bits per heavy atom. The van der Waals surface area contributed by atoms with E-state index in [0.29, 0.717) is 5.41 Å². The molecule has 0 spiro atoms. The second-order valence-corrected chi connectivity index (χ2v) is 3.29. The first-order chi connectivity index (χ1) is 4.83. The van der Waals surface area contributed by atoms with Crippen LogP contribution in [0, 0.1) is 11.8 Å². The van der Waals surface area contributed by atoms with Gasteiger partial charge in [-0.15, -0.1) is 6.58 Å². The van der Waals surface area contributed by atoms with Gasteiger partial charge in [0, 0.05) is 0 Å². The van der Waals surface area contributed by atoms with Gasteiger partial charge in [0.15, 0.2) is 0 Å². The van der Waals surface area contributed by atoms with Crippen LogP contribution in [0.1, 0.15) is 39.0 Å². The van der Waals surface area contributed by atoms with Crippen LogP contribution in [0.2, 0.25) is 0 Å². The average molecular weight is 137 g/mol. The van der Waals surface area contributed by atoms with E-state index in [1.54, 1.807) is 0 Å². The van der Waals surface area contributed by atoms with Crippen molar-refractivity contribution in [2.45, 2.75) is 39.0 Å². The molecule has 0 aromatic carbocycles. The summed E-state index contributed by atoms with van der Waals surface area (Å²) < 4.78 is 0. The van der Waals surface area contributed by atoms with Crippen molar-refractivity contribution < 1.29 is 0 Å². The molecular formula is C10H17. The molecule has 0 nitrogen and oxygen atoms in total. The molecule has 57 valence electrons. The molecule has 10 heavy (non-hydrogen) atoms. The molecule has 0 aromatic heterocycles. The smallest absolute Gasteiger partial charge is 0.00924 e. The van der Waals surface area contributed by atoms with E-state index in [1.807, 2.05) is 0 Å². The summed E-state index contributed by atoms with van der Waals surface area (Å²) >= 11 is 0. The molecule has 1 rings (SSSR count). The minimum absolute atomic E-state index is 0.401. The van der Waals surface area contributed by atoms with Crippen molar-refractivity contribution >= 4 is 0 Å². The van der Waals surface area contributed by atoms with Crippen molar-refractivity contribution in [3.8, 4) is 0 Å². The van der Waals surface area contributed by atoms with Gasteiger partial charge in [0.25, 0.3) is 0 Å². The average Bonchev–Trinajstić information content (AvgIpc) is 2.06. The molecule has 0 unspecified atom stereocenters. The van der Waals surface area contributed by atoms with Gasteiger partial charge in [-0.25, -0.2) is 0 Å². The fraction of sp³-hybridized carbons (Fsp3) is 0.700. The lowest BCUT2D eigenvalue weighted by molar-refractivity contribution is 0.303. The molecule has 0 saturated heterocycles. The summed E-state index contributed by atoms with van der Waals surface area (Å²) in [4.78, 5) is 0. The third-order valence-electron chi connectivity index (χ3n) is 2.77. The maximum absolute atomic E-state index is 3.90. The molecule has 1 aliphatic rings. The molecule has 1 aliphatic carbocycles. The molecule has 1 radical (unpaired) electrons. The quantitative estimate of drug-likeness (QED) is 0.512. The van der Waals surface area contributed by atoms with Gasteiger partial charge in [-0.2, -0.15) is 0 Å². The predicted octanol–water partition coefficient (Wildman–Crippen LogP) is 3.35. The lowest BCUT2D eigenvalue weighted by Crippen LogP contribution is -2.20. The van der Waals surface area contributed by atoms with Crippen LogP contribution in [0.5, 0.6) is 0 Å². The number of rotatable bonds is 2. The van der Waals surface area contributed by atoms with E-state index in [9.17, 15) is 0 Å². The van der Waals surface area contributed by atoms with Gasteiger partial charge >= 0.3 is 0 Å². The fourth-order valence-corrected chi connectivity index (χ4v) is 1.82. The van der Waals surface area contributed by atoms with Gasteiger partial charge in [-0.1, -0.05) is 32.3 Å². The third-order valence-corrected chi connectivity index (χ3v) is 2.77. The van der Waals surface area contributed by atoms with E-state index in [-0.39, 0.29) is 0 Å². The Balaban J connectivity index is 2.52. The van der Waals surface area contributed by atoms with Crippen molar-refractivity contribution in [1.82, 2.24) is 0 Å².